The quantitative estimate of drug-likeness (QED) is 0.883. The SMILES string of the molecule is CNC(Cc1cccs1)c1ccncc1OC. The third-order valence-corrected chi connectivity index (χ3v) is 3.64. The molecule has 0 spiro atoms. The van der Waals surface area contributed by atoms with Crippen molar-refractivity contribution in [1.82, 2.24) is 10.3 Å². The molecule has 0 aliphatic heterocycles. The van der Waals surface area contributed by atoms with Crippen LogP contribution in [0.5, 0.6) is 5.75 Å². The van der Waals surface area contributed by atoms with E-state index in [9.17, 15) is 0 Å². The predicted molar refractivity (Wildman–Crippen MR) is 70.6 cm³/mol. The van der Waals surface area contributed by atoms with E-state index in [0.717, 1.165) is 17.7 Å². The molecular weight excluding hydrogens is 232 g/mol. The average molecular weight is 248 g/mol. The van der Waals surface area contributed by atoms with Crippen LogP contribution in [0, 0.1) is 0 Å². The Morgan fingerprint density at radius 3 is 3.00 bits per heavy atom. The summed E-state index contributed by atoms with van der Waals surface area (Å²) in [5, 5.41) is 5.43. The lowest BCUT2D eigenvalue weighted by Gasteiger charge is -2.18. The molecule has 0 aromatic carbocycles. The molecule has 2 heterocycles. The minimum absolute atomic E-state index is 0.256. The van der Waals surface area contributed by atoms with E-state index in [1.165, 1.54) is 4.88 Å². The number of ether oxygens (including phenoxy) is 1. The van der Waals surface area contributed by atoms with Gasteiger partial charge in [-0.2, -0.15) is 0 Å². The van der Waals surface area contributed by atoms with Crippen LogP contribution in [0.3, 0.4) is 0 Å². The Morgan fingerprint density at radius 1 is 1.47 bits per heavy atom. The molecule has 90 valence electrons. The molecule has 0 radical (unpaired) electrons. The number of nitrogens with one attached hydrogen (secondary N) is 1. The molecule has 2 aromatic heterocycles. The summed E-state index contributed by atoms with van der Waals surface area (Å²) in [5.74, 6) is 0.836. The Labute approximate surface area is 105 Å². The van der Waals surface area contributed by atoms with E-state index in [-0.39, 0.29) is 6.04 Å². The van der Waals surface area contributed by atoms with Gasteiger partial charge in [-0.25, -0.2) is 0 Å². The Hall–Kier alpha value is -1.39. The van der Waals surface area contributed by atoms with Gasteiger partial charge in [0.2, 0.25) is 0 Å². The standard InChI is InChI=1S/C13H16N2OS/c1-14-12(8-10-4-3-7-17-10)11-5-6-15-9-13(11)16-2/h3-7,9,12,14H,8H2,1-2H3. The van der Waals surface area contributed by atoms with Gasteiger partial charge in [-0.05, 0) is 24.6 Å². The Bertz CT molecular complexity index is 456. The molecule has 0 aliphatic carbocycles. The molecule has 0 aliphatic rings. The lowest BCUT2D eigenvalue weighted by Crippen LogP contribution is -2.19. The van der Waals surface area contributed by atoms with Gasteiger partial charge in [-0.1, -0.05) is 6.07 Å². The zero-order valence-corrected chi connectivity index (χ0v) is 10.8. The van der Waals surface area contributed by atoms with Gasteiger partial charge < -0.3 is 10.1 Å². The fraction of sp³-hybridized carbons (Fsp3) is 0.308. The normalized spacial score (nSPS) is 12.4. The summed E-state index contributed by atoms with van der Waals surface area (Å²) in [7, 11) is 3.65. The van der Waals surface area contributed by atoms with Crippen LogP contribution in [0.15, 0.2) is 36.0 Å². The van der Waals surface area contributed by atoms with Crippen molar-refractivity contribution in [3.8, 4) is 5.75 Å². The maximum atomic E-state index is 5.35. The Balaban J connectivity index is 2.22. The molecule has 2 aromatic rings. The molecule has 0 fully saturated rings. The molecule has 17 heavy (non-hydrogen) atoms. The fourth-order valence-electron chi connectivity index (χ4n) is 1.85. The highest BCUT2D eigenvalue weighted by atomic mass is 32.1. The highest BCUT2D eigenvalue weighted by Crippen LogP contribution is 2.27. The van der Waals surface area contributed by atoms with Crippen LogP contribution in [0.1, 0.15) is 16.5 Å². The summed E-state index contributed by atoms with van der Waals surface area (Å²) in [5.41, 5.74) is 1.15. The monoisotopic (exact) mass is 248 g/mol. The number of hydrogen-bond donors (Lipinski definition) is 1. The number of methoxy groups -OCH3 is 1. The third kappa shape index (κ3) is 2.84. The number of thiophene rings is 1. The highest BCUT2D eigenvalue weighted by Gasteiger charge is 2.15. The molecule has 0 saturated carbocycles. The summed E-state index contributed by atoms with van der Waals surface area (Å²) < 4.78 is 5.35. The van der Waals surface area contributed by atoms with Crippen molar-refractivity contribution in [2.45, 2.75) is 12.5 Å². The van der Waals surface area contributed by atoms with Crippen molar-refractivity contribution in [2.24, 2.45) is 0 Å². The van der Waals surface area contributed by atoms with E-state index in [1.807, 2.05) is 13.1 Å². The number of aromatic nitrogens is 1. The largest absolute Gasteiger partial charge is 0.495 e. The number of nitrogens with zero attached hydrogens (tertiary/aromatic N) is 1. The summed E-state index contributed by atoms with van der Waals surface area (Å²) in [4.78, 5) is 5.44. The summed E-state index contributed by atoms with van der Waals surface area (Å²) in [6.45, 7) is 0. The van der Waals surface area contributed by atoms with Crippen LogP contribution in [0.25, 0.3) is 0 Å². The first-order valence-electron chi connectivity index (χ1n) is 5.52. The maximum Gasteiger partial charge on any atom is 0.141 e. The van der Waals surface area contributed by atoms with Gasteiger partial charge in [0.25, 0.3) is 0 Å². The minimum Gasteiger partial charge on any atom is -0.495 e. The fourth-order valence-corrected chi connectivity index (χ4v) is 2.60. The predicted octanol–water partition coefficient (Wildman–Crippen LogP) is 2.65. The summed E-state index contributed by atoms with van der Waals surface area (Å²) in [6.07, 6.45) is 4.53. The van der Waals surface area contributed by atoms with Gasteiger partial charge in [0.1, 0.15) is 5.75 Å². The number of hydrogen-bond acceptors (Lipinski definition) is 4. The second-order valence-electron chi connectivity index (χ2n) is 3.74. The second kappa shape index (κ2) is 5.80. The molecule has 3 nitrogen and oxygen atoms in total. The first-order chi connectivity index (χ1) is 8.35. The Morgan fingerprint density at radius 2 is 2.35 bits per heavy atom. The van der Waals surface area contributed by atoms with Crippen molar-refractivity contribution in [2.75, 3.05) is 14.2 Å². The first kappa shape index (κ1) is 12.1. The smallest absolute Gasteiger partial charge is 0.141 e. The van der Waals surface area contributed by atoms with Gasteiger partial charge in [0.15, 0.2) is 0 Å². The molecule has 2 rings (SSSR count). The first-order valence-corrected chi connectivity index (χ1v) is 6.40. The van der Waals surface area contributed by atoms with Gasteiger partial charge in [-0.3, -0.25) is 4.98 Å². The van der Waals surface area contributed by atoms with Gasteiger partial charge in [-0.15, -0.1) is 11.3 Å². The minimum atomic E-state index is 0.256. The van der Waals surface area contributed by atoms with Crippen LogP contribution in [0.2, 0.25) is 0 Å². The van der Waals surface area contributed by atoms with Crippen LogP contribution in [-0.2, 0) is 6.42 Å². The summed E-state index contributed by atoms with van der Waals surface area (Å²) >= 11 is 1.78. The van der Waals surface area contributed by atoms with E-state index in [1.54, 1.807) is 30.8 Å². The van der Waals surface area contributed by atoms with Crippen LogP contribution < -0.4 is 10.1 Å². The molecule has 0 saturated heterocycles. The highest BCUT2D eigenvalue weighted by molar-refractivity contribution is 7.09. The van der Waals surface area contributed by atoms with E-state index < -0.39 is 0 Å². The van der Waals surface area contributed by atoms with E-state index in [0.29, 0.717) is 0 Å². The van der Waals surface area contributed by atoms with E-state index in [2.05, 4.69) is 27.8 Å². The van der Waals surface area contributed by atoms with Crippen molar-refractivity contribution in [3.63, 3.8) is 0 Å². The summed E-state index contributed by atoms with van der Waals surface area (Å²) in [6, 6.07) is 6.50. The lowest BCUT2D eigenvalue weighted by atomic mass is 10.0. The average Bonchev–Trinajstić information content (AvgIpc) is 2.89. The third-order valence-electron chi connectivity index (χ3n) is 2.75. The van der Waals surface area contributed by atoms with Crippen molar-refractivity contribution < 1.29 is 4.74 Å². The van der Waals surface area contributed by atoms with E-state index in [4.69, 9.17) is 4.74 Å². The van der Waals surface area contributed by atoms with Gasteiger partial charge in [0.05, 0.1) is 13.3 Å². The lowest BCUT2D eigenvalue weighted by molar-refractivity contribution is 0.399. The molecule has 0 amide bonds. The van der Waals surface area contributed by atoms with Gasteiger partial charge >= 0.3 is 0 Å². The molecule has 1 N–H and O–H groups in total. The zero-order valence-electron chi connectivity index (χ0n) is 10.0. The zero-order chi connectivity index (χ0) is 12.1. The molecule has 4 heteroatoms. The molecule has 1 unspecified atom stereocenters. The molecule has 1 atom stereocenters. The maximum absolute atomic E-state index is 5.35. The Kier molecular flexibility index (Phi) is 4.12. The van der Waals surface area contributed by atoms with Gasteiger partial charge in [0, 0.05) is 29.1 Å². The number of pyridine rings is 1. The second-order valence-corrected chi connectivity index (χ2v) is 4.77. The topological polar surface area (TPSA) is 34.2 Å². The molecular formula is C13H16N2OS. The van der Waals surface area contributed by atoms with Crippen molar-refractivity contribution in [1.29, 1.82) is 0 Å². The van der Waals surface area contributed by atoms with E-state index >= 15 is 0 Å². The van der Waals surface area contributed by atoms with Crippen molar-refractivity contribution >= 4 is 11.3 Å². The molecule has 0 bridgehead atoms. The van der Waals surface area contributed by atoms with Crippen LogP contribution >= 0.6 is 11.3 Å². The van der Waals surface area contributed by atoms with Crippen LogP contribution in [0.4, 0.5) is 0 Å². The number of likely N-dealkylation sites (N-methyl/N-ethyl adjacent to an activating group) is 1. The number of rotatable bonds is 5. The van der Waals surface area contributed by atoms with Crippen LogP contribution in [-0.4, -0.2) is 19.1 Å². The van der Waals surface area contributed by atoms with Crippen molar-refractivity contribution in [3.05, 3.63) is 46.4 Å².